The molecule has 0 aromatic carbocycles. The molecular formula is C20H31N3O4. The van der Waals surface area contributed by atoms with Gasteiger partial charge in [0.25, 0.3) is 11.5 Å². The van der Waals surface area contributed by atoms with E-state index in [0.717, 1.165) is 43.6 Å². The number of pyridine rings is 1. The van der Waals surface area contributed by atoms with Gasteiger partial charge in [-0.3, -0.25) is 9.59 Å². The van der Waals surface area contributed by atoms with Crippen LogP contribution in [0.2, 0.25) is 0 Å². The molecule has 2 aliphatic rings. The number of rotatable bonds is 4. The average Bonchev–Trinajstić information content (AvgIpc) is 3.05. The van der Waals surface area contributed by atoms with Crippen LogP contribution in [0.1, 0.15) is 41.4 Å². The van der Waals surface area contributed by atoms with Gasteiger partial charge >= 0.3 is 0 Å². The average molecular weight is 377 g/mol. The molecule has 1 atom stereocenters. The van der Waals surface area contributed by atoms with Crippen LogP contribution in [0.15, 0.2) is 10.9 Å². The third-order valence-corrected chi connectivity index (χ3v) is 5.69. The van der Waals surface area contributed by atoms with Crippen molar-refractivity contribution in [1.82, 2.24) is 14.4 Å². The molecule has 1 aromatic heterocycles. The Bertz CT molecular complexity index is 754. The molecule has 1 unspecified atom stereocenters. The van der Waals surface area contributed by atoms with Gasteiger partial charge in [-0.25, -0.2) is 0 Å². The molecule has 150 valence electrons. The Labute approximate surface area is 160 Å². The Morgan fingerprint density at radius 2 is 2.00 bits per heavy atom. The largest absolute Gasteiger partial charge is 0.384 e. The van der Waals surface area contributed by atoms with Gasteiger partial charge in [0.05, 0.1) is 19.8 Å². The van der Waals surface area contributed by atoms with Crippen LogP contribution in [0.25, 0.3) is 0 Å². The number of amides is 1. The van der Waals surface area contributed by atoms with Crippen LogP contribution in [0, 0.1) is 6.92 Å². The fourth-order valence-corrected chi connectivity index (χ4v) is 4.31. The minimum absolute atomic E-state index is 0.164. The number of aliphatic hydroxyl groups is 1. The minimum atomic E-state index is -1.11. The van der Waals surface area contributed by atoms with Crippen LogP contribution >= 0.6 is 0 Å². The summed E-state index contributed by atoms with van der Waals surface area (Å²) >= 11 is 0. The minimum Gasteiger partial charge on any atom is -0.384 e. The van der Waals surface area contributed by atoms with Crippen molar-refractivity contribution in [1.29, 1.82) is 0 Å². The highest BCUT2D eigenvalue weighted by Gasteiger charge is 2.37. The Balaban J connectivity index is 1.84. The van der Waals surface area contributed by atoms with E-state index in [2.05, 4.69) is 4.90 Å². The molecule has 0 bridgehead atoms. The molecule has 2 saturated heterocycles. The van der Waals surface area contributed by atoms with E-state index in [1.165, 1.54) is 0 Å². The summed E-state index contributed by atoms with van der Waals surface area (Å²) in [7, 11) is 1.71. The molecule has 3 heterocycles. The molecule has 2 aliphatic heterocycles. The zero-order chi connectivity index (χ0) is 19.6. The van der Waals surface area contributed by atoms with Gasteiger partial charge in [0.15, 0.2) is 0 Å². The van der Waals surface area contributed by atoms with Gasteiger partial charge in [0.1, 0.15) is 11.2 Å². The standard InChI is InChI=1S/C20H31N3O4/c1-4-17-15(2)11-16(18(24)21(17)3)19(25)23-9-10-27-14-20(26,13-23)12-22-7-5-6-8-22/h11,26H,4-10,12-14H2,1-3H3. The third kappa shape index (κ3) is 4.25. The molecule has 27 heavy (non-hydrogen) atoms. The number of likely N-dealkylation sites (tertiary alicyclic amines) is 1. The third-order valence-electron chi connectivity index (χ3n) is 5.69. The lowest BCUT2D eigenvalue weighted by molar-refractivity contribution is -0.0524. The van der Waals surface area contributed by atoms with Crippen molar-refractivity contribution < 1.29 is 14.6 Å². The summed E-state index contributed by atoms with van der Waals surface area (Å²) in [5.74, 6) is -0.327. The fourth-order valence-electron chi connectivity index (χ4n) is 4.31. The summed E-state index contributed by atoms with van der Waals surface area (Å²) in [6, 6.07) is 1.69. The Hall–Kier alpha value is -1.70. The van der Waals surface area contributed by atoms with Crippen molar-refractivity contribution in [3.05, 3.63) is 33.2 Å². The molecular weight excluding hydrogens is 346 g/mol. The molecule has 2 fully saturated rings. The van der Waals surface area contributed by atoms with Gasteiger partial charge in [0, 0.05) is 25.8 Å². The monoisotopic (exact) mass is 377 g/mol. The Kier molecular flexibility index (Phi) is 6.03. The van der Waals surface area contributed by atoms with Crippen molar-refractivity contribution in [2.75, 3.05) is 45.9 Å². The number of aromatic nitrogens is 1. The SMILES string of the molecule is CCc1c(C)cc(C(=O)N2CCOCC(O)(CN3CCCC3)C2)c(=O)n1C. The molecule has 1 aromatic rings. The lowest BCUT2D eigenvalue weighted by atomic mass is 10.0. The number of hydrogen-bond donors (Lipinski definition) is 1. The van der Waals surface area contributed by atoms with E-state index in [9.17, 15) is 14.7 Å². The van der Waals surface area contributed by atoms with Crippen LogP contribution in [-0.4, -0.2) is 76.9 Å². The first-order valence-corrected chi connectivity index (χ1v) is 9.86. The van der Waals surface area contributed by atoms with E-state index < -0.39 is 5.60 Å². The van der Waals surface area contributed by atoms with E-state index in [4.69, 9.17) is 4.74 Å². The fraction of sp³-hybridized carbons (Fsp3) is 0.700. The molecule has 1 N–H and O–H groups in total. The van der Waals surface area contributed by atoms with Gasteiger partial charge < -0.3 is 24.2 Å². The van der Waals surface area contributed by atoms with E-state index in [0.29, 0.717) is 19.7 Å². The summed E-state index contributed by atoms with van der Waals surface area (Å²) < 4.78 is 7.16. The van der Waals surface area contributed by atoms with E-state index >= 15 is 0 Å². The van der Waals surface area contributed by atoms with Gasteiger partial charge in [-0.15, -0.1) is 0 Å². The lowest BCUT2D eigenvalue weighted by Crippen LogP contribution is -2.53. The maximum Gasteiger partial charge on any atom is 0.263 e. The van der Waals surface area contributed by atoms with E-state index in [1.54, 1.807) is 22.6 Å². The zero-order valence-electron chi connectivity index (χ0n) is 16.7. The second-order valence-electron chi connectivity index (χ2n) is 7.89. The topological polar surface area (TPSA) is 75.0 Å². The lowest BCUT2D eigenvalue weighted by Gasteiger charge is -2.34. The number of nitrogens with zero attached hydrogens (tertiary/aromatic N) is 3. The summed E-state index contributed by atoms with van der Waals surface area (Å²) in [5.41, 5.74) is 0.635. The maximum absolute atomic E-state index is 13.1. The van der Waals surface area contributed by atoms with Crippen molar-refractivity contribution in [2.24, 2.45) is 7.05 Å². The molecule has 0 saturated carbocycles. The second-order valence-corrected chi connectivity index (χ2v) is 7.89. The summed E-state index contributed by atoms with van der Waals surface area (Å²) in [4.78, 5) is 29.7. The number of hydrogen-bond acceptors (Lipinski definition) is 5. The molecule has 0 aliphatic carbocycles. The number of carbonyl (C=O) groups excluding carboxylic acids is 1. The highest BCUT2D eigenvalue weighted by Crippen LogP contribution is 2.19. The molecule has 1 amide bonds. The van der Waals surface area contributed by atoms with Gasteiger partial charge in [-0.05, 0) is 50.9 Å². The zero-order valence-corrected chi connectivity index (χ0v) is 16.7. The van der Waals surface area contributed by atoms with Gasteiger partial charge in [-0.2, -0.15) is 0 Å². The highest BCUT2D eigenvalue weighted by atomic mass is 16.5. The van der Waals surface area contributed by atoms with Crippen LogP contribution in [0.5, 0.6) is 0 Å². The number of aryl methyl sites for hydroxylation is 1. The predicted molar refractivity (Wildman–Crippen MR) is 103 cm³/mol. The van der Waals surface area contributed by atoms with E-state index in [1.807, 2.05) is 13.8 Å². The number of ether oxygens (including phenoxy) is 1. The molecule has 3 rings (SSSR count). The van der Waals surface area contributed by atoms with Crippen molar-refractivity contribution in [2.45, 2.75) is 38.7 Å². The first kappa shape index (κ1) is 20.0. The highest BCUT2D eigenvalue weighted by molar-refractivity contribution is 5.94. The Morgan fingerprint density at radius 1 is 1.30 bits per heavy atom. The van der Waals surface area contributed by atoms with Crippen molar-refractivity contribution in [3.63, 3.8) is 0 Å². The van der Waals surface area contributed by atoms with Crippen LogP contribution in [-0.2, 0) is 18.2 Å². The van der Waals surface area contributed by atoms with E-state index in [-0.39, 0.29) is 30.2 Å². The smallest absolute Gasteiger partial charge is 0.263 e. The van der Waals surface area contributed by atoms with Gasteiger partial charge in [0.2, 0.25) is 0 Å². The van der Waals surface area contributed by atoms with Crippen molar-refractivity contribution in [3.8, 4) is 0 Å². The first-order chi connectivity index (χ1) is 12.8. The maximum atomic E-state index is 13.1. The number of carbonyl (C=O) groups is 1. The molecule has 0 radical (unpaired) electrons. The summed E-state index contributed by atoms with van der Waals surface area (Å²) in [6.07, 6.45) is 3.01. The van der Waals surface area contributed by atoms with Crippen LogP contribution < -0.4 is 5.56 Å². The molecule has 7 heteroatoms. The first-order valence-electron chi connectivity index (χ1n) is 9.86. The molecule has 7 nitrogen and oxygen atoms in total. The predicted octanol–water partition coefficient (Wildman–Crippen LogP) is 0.555. The molecule has 0 spiro atoms. The van der Waals surface area contributed by atoms with Crippen molar-refractivity contribution >= 4 is 5.91 Å². The summed E-state index contributed by atoms with van der Waals surface area (Å²) in [5, 5.41) is 11.1. The Morgan fingerprint density at radius 3 is 2.67 bits per heavy atom. The van der Waals surface area contributed by atoms with Crippen LogP contribution in [0.3, 0.4) is 0 Å². The normalized spacial score (nSPS) is 24.2. The number of β-amino-alcohol motifs (C(OH)–C–C–N with tert-alkyl or cyclic N) is 1. The summed E-state index contributed by atoms with van der Waals surface area (Å²) in [6.45, 7) is 7.46. The second kappa shape index (κ2) is 8.12. The quantitative estimate of drug-likeness (QED) is 0.830. The van der Waals surface area contributed by atoms with Gasteiger partial charge in [-0.1, -0.05) is 6.92 Å². The van der Waals surface area contributed by atoms with Crippen LogP contribution in [0.4, 0.5) is 0 Å².